The molecule has 19 heavy (non-hydrogen) atoms. The fourth-order valence-corrected chi connectivity index (χ4v) is 1.75. The molecule has 0 aliphatic carbocycles. The van der Waals surface area contributed by atoms with Gasteiger partial charge in [0.15, 0.2) is 0 Å². The van der Waals surface area contributed by atoms with Gasteiger partial charge in [0.25, 0.3) is 0 Å². The molecule has 0 unspecified atom stereocenters. The summed E-state index contributed by atoms with van der Waals surface area (Å²) in [6, 6.07) is 11.4. The third-order valence-corrected chi connectivity index (χ3v) is 2.72. The molecule has 0 saturated carbocycles. The molecule has 0 fully saturated rings. The minimum Gasteiger partial charge on any atom is -0.439 e. The van der Waals surface area contributed by atoms with Crippen LogP contribution in [0.5, 0.6) is 11.6 Å². The van der Waals surface area contributed by atoms with Crippen molar-refractivity contribution in [1.82, 2.24) is 4.98 Å². The van der Waals surface area contributed by atoms with Crippen LogP contribution in [0.15, 0.2) is 42.6 Å². The molecule has 2 aromatic rings. The van der Waals surface area contributed by atoms with Gasteiger partial charge >= 0.3 is 0 Å². The Morgan fingerprint density at radius 1 is 1.26 bits per heavy atom. The van der Waals surface area contributed by atoms with E-state index in [4.69, 9.17) is 15.2 Å². The maximum absolute atomic E-state index is 5.84. The zero-order chi connectivity index (χ0) is 13.7. The van der Waals surface area contributed by atoms with Crippen molar-refractivity contribution in [2.75, 3.05) is 7.11 Å². The molecule has 1 aromatic carbocycles. The Hall–Kier alpha value is -1.91. The summed E-state index contributed by atoms with van der Waals surface area (Å²) >= 11 is 0. The lowest BCUT2D eigenvalue weighted by atomic mass is 10.1. The minimum atomic E-state index is -0.0369. The predicted octanol–water partition coefficient (Wildman–Crippen LogP) is 3.04. The highest BCUT2D eigenvalue weighted by atomic mass is 16.5. The van der Waals surface area contributed by atoms with Crippen LogP contribution in [0.4, 0.5) is 0 Å². The summed E-state index contributed by atoms with van der Waals surface area (Å²) < 4.78 is 10.8. The van der Waals surface area contributed by atoms with Gasteiger partial charge in [-0.15, -0.1) is 0 Å². The highest BCUT2D eigenvalue weighted by Gasteiger charge is 2.04. The number of nitrogens with two attached hydrogens (primary N) is 1. The molecule has 2 N–H and O–H groups in total. The molecule has 100 valence electrons. The fourth-order valence-electron chi connectivity index (χ4n) is 1.75. The number of hydrogen-bond acceptors (Lipinski definition) is 4. The first kappa shape index (κ1) is 13.5. The van der Waals surface area contributed by atoms with E-state index in [9.17, 15) is 0 Å². The molecule has 1 atom stereocenters. The summed E-state index contributed by atoms with van der Waals surface area (Å²) in [5.74, 6) is 1.29. The van der Waals surface area contributed by atoms with Crippen LogP contribution in [0.25, 0.3) is 0 Å². The summed E-state index contributed by atoms with van der Waals surface area (Å²) in [6.45, 7) is 2.49. The van der Waals surface area contributed by atoms with Crippen molar-refractivity contribution in [3.8, 4) is 11.6 Å². The number of rotatable bonds is 5. The van der Waals surface area contributed by atoms with Crippen molar-refractivity contribution in [2.24, 2.45) is 5.73 Å². The van der Waals surface area contributed by atoms with E-state index in [-0.39, 0.29) is 6.04 Å². The number of pyridine rings is 1. The molecule has 0 aliphatic heterocycles. The maximum atomic E-state index is 5.84. The van der Waals surface area contributed by atoms with Crippen molar-refractivity contribution < 1.29 is 9.47 Å². The van der Waals surface area contributed by atoms with E-state index in [0.29, 0.717) is 12.5 Å². The average molecular weight is 258 g/mol. The molecule has 1 heterocycles. The highest BCUT2D eigenvalue weighted by molar-refractivity contribution is 5.32. The van der Waals surface area contributed by atoms with Crippen molar-refractivity contribution >= 4 is 0 Å². The van der Waals surface area contributed by atoms with E-state index in [0.717, 1.165) is 16.9 Å². The molecule has 0 saturated heterocycles. The largest absolute Gasteiger partial charge is 0.439 e. The molecule has 0 radical (unpaired) electrons. The quantitative estimate of drug-likeness (QED) is 0.895. The van der Waals surface area contributed by atoms with Crippen LogP contribution in [0.1, 0.15) is 24.1 Å². The van der Waals surface area contributed by atoms with E-state index >= 15 is 0 Å². The molecular formula is C15H18N2O2. The van der Waals surface area contributed by atoms with E-state index < -0.39 is 0 Å². The molecule has 1 aromatic heterocycles. The van der Waals surface area contributed by atoms with Gasteiger partial charge in [-0.3, -0.25) is 0 Å². The van der Waals surface area contributed by atoms with Crippen LogP contribution in [0, 0.1) is 0 Å². The predicted molar refractivity (Wildman–Crippen MR) is 74.1 cm³/mol. The van der Waals surface area contributed by atoms with Crippen LogP contribution in [0.3, 0.4) is 0 Å². The third-order valence-electron chi connectivity index (χ3n) is 2.72. The number of hydrogen-bond donors (Lipinski definition) is 1. The Bertz CT molecular complexity index is 541. The van der Waals surface area contributed by atoms with Gasteiger partial charge in [-0.1, -0.05) is 12.1 Å². The molecular weight excluding hydrogens is 240 g/mol. The summed E-state index contributed by atoms with van der Waals surface area (Å²) in [5.41, 5.74) is 7.90. The fraction of sp³-hybridized carbons (Fsp3) is 0.267. The van der Waals surface area contributed by atoms with Gasteiger partial charge < -0.3 is 15.2 Å². The minimum absolute atomic E-state index is 0.0369. The number of ether oxygens (including phenoxy) is 2. The van der Waals surface area contributed by atoms with Crippen LogP contribution in [0.2, 0.25) is 0 Å². The van der Waals surface area contributed by atoms with Gasteiger partial charge in [0.05, 0.1) is 6.61 Å². The lowest BCUT2D eigenvalue weighted by Gasteiger charge is -2.09. The van der Waals surface area contributed by atoms with Crippen molar-refractivity contribution in [3.05, 3.63) is 53.7 Å². The van der Waals surface area contributed by atoms with Crippen LogP contribution in [-0.4, -0.2) is 12.1 Å². The van der Waals surface area contributed by atoms with Gasteiger partial charge in [0.1, 0.15) is 5.75 Å². The second-order valence-electron chi connectivity index (χ2n) is 4.40. The lowest BCUT2D eigenvalue weighted by molar-refractivity contribution is 0.184. The van der Waals surface area contributed by atoms with Crippen molar-refractivity contribution in [1.29, 1.82) is 0 Å². The Morgan fingerprint density at radius 3 is 2.84 bits per heavy atom. The second kappa shape index (κ2) is 6.31. The van der Waals surface area contributed by atoms with Gasteiger partial charge in [-0.25, -0.2) is 4.98 Å². The third kappa shape index (κ3) is 3.77. The Kier molecular flexibility index (Phi) is 4.49. The monoisotopic (exact) mass is 258 g/mol. The molecule has 0 aliphatic rings. The zero-order valence-corrected chi connectivity index (χ0v) is 11.2. The van der Waals surface area contributed by atoms with Crippen LogP contribution >= 0.6 is 0 Å². The topological polar surface area (TPSA) is 57.4 Å². The number of benzene rings is 1. The summed E-state index contributed by atoms with van der Waals surface area (Å²) in [6.07, 6.45) is 1.70. The van der Waals surface area contributed by atoms with E-state index in [1.807, 2.05) is 43.3 Å². The Balaban J connectivity index is 2.16. The maximum Gasteiger partial charge on any atom is 0.219 e. The first-order valence-corrected chi connectivity index (χ1v) is 6.16. The van der Waals surface area contributed by atoms with Crippen molar-refractivity contribution in [2.45, 2.75) is 19.6 Å². The Labute approximate surface area is 113 Å². The van der Waals surface area contributed by atoms with Crippen molar-refractivity contribution in [3.63, 3.8) is 0 Å². The van der Waals surface area contributed by atoms with Gasteiger partial charge in [-0.2, -0.15) is 0 Å². The number of methoxy groups -OCH3 is 1. The number of nitrogens with zero attached hydrogens (tertiary/aromatic N) is 1. The normalized spacial score (nSPS) is 12.2. The zero-order valence-electron chi connectivity index (χ0n) is 11.2. The molecule has 2 rings (SSSR count). The molecule has 0 amide bonds. The molecule has 4 heteroatoms. The SMILES string of the molecule is COCc1cccc(Oc2cc([C@H](C)N)ccn2)c1. The lowest BCUT2D eigenvalue weighted by Crippen LogP contribution is -2.05. The van der Waals surface area contributed by atoms with E-state index in [1.54, 1.807) is 13.3 Å². The van der Waals surface area contributed by atoms with Crippen LogP contribution in [-0.2, 0) is 11.3 Å². The first-order valence-electron chi connectivity index (χ1n) is 6.16. The van der Waals surface area contributed by atoms with Crippen LogP contribution < -0.4 is 10.5 Å². The van der Waals surface area contributed by atoms with Gasteiger partial charge in [0.2, 0.25) is 5.88 Å². The first-order chi connectivity index (χ1) is 9.19. The van der Waals surface area contributed by atoms with E-state index in [2.05, 4.69) is 4.98 Å². The molecule has 0 bridgehead atoms. The standard InChI is InChI=1S/C15H18N2O2/c1-11(16)13-6-7-17-15(9-13)19-14-5-3-4-12(8-14)10-18-2/h3-9,11H,10,16H2,1-2H3/t11-/m0/s1. The smallest absolute Gasteiger partial charge is 0.219 e. The summed E-state index contributed by atoms with van der Waals surface area (Å²) in [5, 5.41) is 0. The summed E-state index contributed by atoms with van der Waals surface area (Å²) in [7, 11) is 1.67. The molecule has 0 spiro atoms. The average Bonchev–Trinajstić information content (AvgIpc) is 2.40. The van der Waals surface area contributed by atoms with Gasteiger partial charge in [0, 0.05) is 25.4 Å². The van der Waals surface area contributed by atoms with E-state index in [1.165, 1.54) is 0 Å². The van der Waals surface area contributed by atoms with Gasteiger partial charge in [-0.05, 0) is 36.2 Å². The second-order valence-corrected chi connectivity index (χ2v) is 4.40. The Morgan fingerprint density at radius 2 is 2.11 bits per heavy atom. The highest BCUT2D eigenvalue weighted by Crippen LogP contribution is 2.22. The number of aromatic nitrogens is 1. The summed E-state index contributed by atoms with van der Waals surface area (Å²) in [4.78, 5) is 4.18. The molecule has 4 nitrogen and oxygen atoms in total.